The van der Waals surface area contributed by atoms with Crippen molar-refractivity contribution in [3.8, 4) is 5.82 Å². The first-order chi connectivity index (χ1) is 9.34. The quantitative estimate of drug-likeness (QED) is 0.838. The molecule has 0 unspecified atom stereocenters. The number of nitrogens with zero attached hydrogens (tertiary/aromatic N) is 4. The molecule has 0 spiro atoms. The van der Waals surface area contributed by atoms with E-state index in [0.717, 1.165) is 11.9 Å². The van der Waals surface area contributed by atoms with Crippen LogP contribution in [0.5, 0.6) is 0 Å². The highest BCUT2D eigenvalue weighted by Crippen LogP contribution is 2.28. The highest BCUT2D eigenvalue weighted by Gasteiger charge is 2.24. The summed E-state index contributed by atoms with van der Waals surface area (Å²) in [7, 11) is -3.50. The molecule has 0 aromatic carbocycles. The molecular formula is C11H16N6O2S. The second-order valence-electron chi connectivity index (χ2n) is 4.31. The van der Waals surface area contributed by atoms with Crippen molar-refractivity contribution in [2.45, 2.75) is 18.7 Å². The largest absolute Gasteiger partial charge is 0.382 e. The van der Waals surface area contributed by atoms with E-state index in [0.29, 0.717) is 12.4 Å². The Morgan fingerprint density at radius 3 is 2.55 bits per heavy atom. The number of aromatic nitrogens is 4. The lowest BCUT2D eigenvalue weighted by Gasteiger charge is -2.02. The van der Waals surface area contributed by atoms with E-state index in [9.17, 15) is 8.42 Å². The molecule has 2 rings (SSSR count). The van der Waals surface area contributed by atoms with Crippen molar-refractivity contribution in [2.24, 2.45) is 0 Å². The third kappa shape index (κ3) is 2.57. The lowest BCUT2D eigenvalue weighted by molar-refractivity contribution is 0.602. The van der Waals surface area contributed by atoms with E-state index in [1.807, 2.05) is 6.92 Å². The van der Waals surface area contributed by atoms with Gasteiger partial charge in [0, 0.05) is 12.8 Å². The molecule has 9 heteroatoms. The average molecular weight is 296 g/mol. The Bertz CT molecular complexity index is 720. The first-order valence-corrected chi connectivity index (χ1v) is 7.87. The van der Waals surface area contributed by atoms with Gasteiger partial charge in [-0.05, 0) is 26.0 Å². The molecule has 0 amide bonds. The predicted octanol–water partition coefficient (Wildman–Crippen LogP) is 0.388. The van der Waals surface area contributed by atoms with Crippen LogP contribution in [0.15, 0.2) is 17.0 Å². The summed E-state index contributed by atoms with van der Waals surface area (Å²) in [6, 6.07) is 3.42. The van der Waals surface area contributed by atoms with E-state index < -0.39 is 9.84 Å². The molecule has 0 aliphatic heterocycles. The monoisotopic (exact) mass is 296 g/mol. The lowest BCUT2D eigenvalue weighted by Crippen LogP contribution is -2.08. The number of hydrogen-bond acceptors (Lipinski definition) is 7. The van der Waals surface area contributed by atoms with E-state index in [2.05, 4.69) is 20.6 Å². The van der Waals surface area contributed by atoms with Gasteiger partial charge in [0.2, 0.25) is 0 Å². The Morgan fingerprint density at radius 1 is 1.35 bits per heavy atom. The minimum absolute atomic E-state index is 0.0154. The van der Waals surface area contributed by atoms with Gasteiger partial charge in [-0.3, -0.25) is 0 Å². The van der Waals surface area contributed by atoms with E-state index in [1.165, 1.54) is 4.68 Å². The number of hydrogen-bond donors (Lipinski definition) is 2. The van der Waals surface area contributed by atoms with Crippen molar-refractivity contribution in [1.29, 1.82) is 0 Å². The molecule has 0 saturated carbocycles. The van der Waals surface area contributed by atoms with Gasteiger partial charge in [0.15, 0.2) is 26.4 Å². The van der Waals surface area contributed by atoms with Crippen LogP contribution in [0.4, 0.5) is 11.6 Å². The Hall–Kier alpha value is -2.16. The van der Waals surface area contributed by atoms with Gasteiger partial charge in [0.25, 0.3) is 0 Å². The number of sulfone groups is 1. The molecule has 2 heterocycles. The molecule has 8 nitrogen and oxygen atoms in total. The van der Waals surface area contributed by atoms with Gasteiger partial charge < -0.3 is 11.1 Å². The summed E-state index contributed by atoms with van der Waals surface area (Å²) >= 11 is 0. The van der Waals surface area contributed by atoms with Gasteiger partial charge in [0.05, 0.1) is 5.69 Å². The van der Waals surface area contributed by atoms with Crippen molar-refractivity contribution in [3.63, 3.8) is 0 Å². The molecule has 3 N–H and O–H groups in total. The van der Waals surface area contributed by atoms with Crippen molar-refractivity contribution >= 4 is 21.5 Å². The fraction of sp³-hybridized carbons (Fsp3) is 0.364. The maximum absolute atomic E-state index is 11.8. The third-order valence-electron chi connectivity index (χ3n) is 2.59. The molecule has 2 aromatic rings. The highest BCUT2D eigenvalue weighted by molar-refractivity contribution is 7.91. The first-order valence-electron chi connectivity index (χ1n) is 5.97. The molecule has 0 aliphatic carbocycles. The van der Waals surface area contributed by atoms with Gasteiger partial charge in [-0.1, -0.05) is 0 Å². The average Bonchev–Trinajstić information content (AvgIpc) is 2.67. The first kappa shape index (κ1) is 14.3. The second kappa shape index (κ2) is 5.08. The molecule has 0 saturated heterocycles. The van der Waals surface area contributed by atoms with Crippen LogP contribution in [0.1, 0.15) is 12.6 Å². The summed E-state index contributed by atoms with van der Waals surface area (Å²) in [5, 5.41) is 14.9. The molecule has 108 valence electrons. The molecule has 0 fully saturated rings. The van der Waals surface area contributed by atoms with Gasteiger partial charge >= 0.3 is 0 Å². The van der Waals surface area contributed by atoms with Crippen molar-refractivity contribution < 1.29 is 8.42 Å². The van der Waals surface area contributed by atoms with Crippen LogP contribution in [0.2, 0.25) is 0 Å². The zero-order chi connectivity index (χ0) is 14.9. The number of nitrogen functional groups attached to an aromatic ring is 1. The molecule has 0 radical (unpaired) electrons. The van der Waals surface area contributed by atoms with E-state index in [-0.39, 0.29) is 16.5 Å². The van der Waals surface area contributed by atoms with Crippen molar-refractivity contribution in [1.82, 2.24) is 20.0 Å². The minimum atomic E-state index is -3.50. The summed E-state index contributed by atoms with van der Waals surface area (Å²) in [5.41, 5.74) is 6.65. The molecule has 0 atom stereocenters. The molecule has 0 aliphatic rings. The van der Waals surface area contributed by atoms with E-state index >= 15 is 0 Å². The zero-order valence-electron chi connectivity index (χ0n) is 11.5. The van der Waals surface area contributed by atoms with Gasteiger partial charge in [-0.15, -0.1) is 10.2 Å². The number of nitrogens with one attached hydrogen (secondary N) is 1. The van der Waals surface area contributed by atoms with Crippen LogP contribution in [0, 0.1) is 6.92 Å². The topological polar surface area (TPSA) is 116 Å². The molecule has 2 aromatic heterocycles. The lowest BCUT2D eigenvalue weighted by atomic mass is 10.4. The summed E-state index contributed by atoms with van der Waals surface area (Å²) in [4.78, 5) is -0.0262. The van der Waals surface area contributed by atoms with E-state index in [4.69, 9.17) is 5.73 Å². The summed E-state index contributed by atoms with van der Waals surface area (Å²) < 4.78 is 24.9. The molecule has 0 bridgehead atoms. The molecule has 20 heavy (non-hydrogen) atoms. The maximum atomic E-state index is 11.8. The van der Waals surface area contributed by atoms with Crippen molar-refractivity contribution in [3.05, 3.63) is 17.8 Å². The van der Waals surface area contributed by atoms with Crippen LogP contribution < -0.4 is 11.1 Å². The fourth-order valence-corrected chi connectivity index (χ4v) is 2.68. The van der Waals surface area contributed by atoms with Gasteiger partial charge in [0.1, 0.15) is 5.82 Å². The Kier molecular flexibility index (Phi) is 3.62. The number of rotatable bonds is 4. The molecular weight excluding hydrogens is 280 g/mol. The number of aryl methyl sites for hydroxylation is 1. The Morgan fingerprint density at radius 2 is 2.05 bits per heavy atom. The standard InChI is InChI=1S/C11H16N6O2S/c1-4-13-11-9(20(3,18)19)10(12)17(16-11)8-6-5-7(2)14-15-8/h5-6H,4,12H2,1-3H3,(H,13,16). The third-order valence-corrected chi connectivity index (χ3v) is 3.74. The second-order valence-corrected chi connectivity index (χ2v) is 6.26. The Labute approximate surface area is 116 Å². The van der Waals surface area contributed by atoms with Gasteiger partial charge in [-0.2, -0.15) is 9.78 Å². The van der Waals surface area contributed by atoms with Crippen LogP contribution in [-0.2, 0) is 9.84 Å². The smallest absolute Gasteiger partial charge is 0.182 e. The normalized spacial score (nSPS) is 11.6. The summed E-state index contributed by atoms with van der Waals surface area (Å²) in [6.07, 6.45) is 1.09. The van der Waals surface area contributed by atoms with Crippen LogP contribution in [-0.4, -0.2) is 41.2 Å². The minimum Gasteiger partial charge on any atom is -0.382 e. The number of nitrogens with two attached hydrogens (primary N) is 1. The maximum Gasteiger partial charge on any atom is 0.182 e. The van der Waals surface area contributed by atoms with E-state index in [1.54, 1.807) is 19.1 Å². The van der Waals surface area contributed by atoms with Gasteiger partial charge in [-0.25, -0.2) is 8.42 Å². The SMILES string of the molecule is CCNc1nn(-c2ccc(C)nn2)c(N)c1S(C)(=O)=O. The van der Waals surface area contributed by atoms with Crippen LogP contribution >= 0.6 is 0 Å². The predicted molar refractivity (Wildman–Crippen MR) is 75.6 cm³/mol. The summed E-state index contributed by atoms with van der Waals surface area (Å²) in [6.45, 7) is 4.17. The van der Waals surface area contributed by atoms with Crippen LogP contribution in [0.25, 0.3) is 5.82 Å². The van der Waals surface area contributed by atoms with Crippen molar-refractivity contribution in [2.75, 3.05) is 23.9 Å². The zero-order valence-corrected chi connectivity index (χ0v) is 12.3. The Balaban J connectivity index is 2.64. The van der Waals surface area contributed by atoms with Crippen LogP contribution in [0.3, 0.4) is 0 Å². The highest BCUT2D eigenvalue weighted by atomic mass is 32.2. The fourth-order valence-electron chi connectivity index (χ4n) is 1.74. The summed E-state index contributed by atoms with van der Waals surface area (Å²) in [5.74, 6) is 0.596. The number of anilines is 2.